The number of carbonyl (C=O) groups is 2. The molecule has 4 nitrogen and oxygen atoms in total. The number of rotatable bonds is 16. The van der Waals surface area contributed by atoms with Gasteiger partial charge in [-0.15, -0.1) is 0 Å². The summed E-state index contributed by atoms with van der Waals surface area (Å²) < 4.78 is 11.8. The minimum Gasteiger partial charge on any atom is -0.459 e. The summed E-state index contributed by atoms with van der Waals surface area (Å²) in [5, 5.41) is 0.416. The molecule has 0 aliphatic carbocycles. The molecule has 2 unspecified atom stereocenters. The normalized spacial score (nSPS) is 13.2. The molecule has 0 aromatic heterocycles. The van der Waals surface area contributed by atoms with E-state index in [1.807, 2.05) is 0 Å². The molecular weight excluding hydrogens is 471 g/mol. The lowest BCUT2D eigenvalue weighted by atomic mass is 10.0. The van der Waals surface area contributed by atoms with E-state index in [9.17, 15) is 9.59 Å². The van der Waals surface area contributed by atoms with E-state index < -0.39 is 11.9 Å². The number of hydrogen-bond donors (Lipinski definition) is 0. The minimum absolute atomic E-state index is 0.114. The Labute approximate surface area is 217 Å². The SMILES string of the molecule is CCCCC(CCC(C)C)OC(=O)c1cc(Cl)c(Cl)cc1C(=O)OC(CCCC)CCC(C)C. The summed E-state index contributed by atoms with van der Waals surface area (Å²) in [6.45, 7) is 12.8. The molecule has 0 N–H and O–H groups in total. The quantitative estimate of drug-likeness (QED) is 0.206. The zero-order chi connectivity index (χ0) is 25.7. The van der Waals surface area contributed by atoms with E-state index in [1.165, 1.54) is 12.1 Å². The molecule has 0 fully saturated rings. The Bertz CT molecular complexity index is 698. The van der Waals surface area contributed by atoms with Gasteiger partial charge in [-0.2, -0.15) is 0 Å². The van der Waals surface area contributed by atoms with E-state index in [4.69, 9.17) is 32.7 Å². The van der Waals surface area contributed by atoms with Crippen molar-refractivity contribution in [3.63, 3.8) is 0 Å². The fourth-order valence-electron chi connectivity index (χ4n) is 3.74. The Balaban J connectivity index is 3.12. The van der Waals surface area contributed by atoms with Gasteiger partial charge in [0.1, 0.15) is 12.2 Å². The highest BCUT2D eigenvalue weighted by molar-refractivity contribution is 6.42. The maximum absolute atomic E-state index is 13.2. The summed E-state index contributed by atoms with van der Waals surface area (Å²) in [6, 6.07) is 2.86. The number of benzene rings is 1. The molecule has 0 aliphatic heterocycles. The van der Waals surface area contributed by atoms with E-state index in [0.29, 0.717) is 11.8 Å². The predicted molar refractivity (Wildman–Crippen MR) is 142 cm³/mol. The first-order valence-corrected chi connectivity index (χ1v) is 13.7. The standard InChI is InChI=1S/C28H44Cl2O4/c1-7-9-11-21(15-13-19(3)4)33-27(31)23-17-25(29)26(30)18-24(23)28(32)34-22(12-10-8-2)16-14-20(5)6/h17-22H,7-16H2,1-6H3. The molecule has 0 saturated heterocycles. The van der Waals surface area contributed by atoms with Crippen molar-refractivity contribution in [2.24, 2.45) is 11.8 Å². The van der Waals surface area contributed by atoms with Crippen LogP contribution in [-0.4, -0.2) is 24.1 Å². The first-order valence-electron chi connectivity index (χ1n) is 13.0. The van der Waals surface area contributed by atoms with E-state index >= 15 is 0 Å². The molecule has 2 atom stereocenters. The van der Waals surface area contributed by atoms with Crippen LogP contribution in [0.15, 0.2) is 12.1 Å². The Morgan fingerprint density at radius 1 is 0.676 bits per heavy atom. The van der Waals surface area contributed by atoms with Crippen molar-refractivity contribution in [2.45, 2.75) is 118 Å². The van der Waals surface area contributed by atoms with Gasteiger partial charge in [-0.1, -0.05) is 90.4 Å². The Hall–Kier alpha value is -1.26. The van der Waals surface area contributed by atoms with Crippen LogP contribution in [-0.2, 0) is 9.47 Å². The average molecular weight is 516 g/mol. The van der Waals surface area contributed by atoms with Crippen LogP contribution in [0.5, 0.6) is 0 Å². The third-order valence-electron chi connectivity index (χ3n) is 5.94. The smallest absolute Gasteiger partial charge is 0.339 e. The highest BCUT2D eigenvalue weighted by Gasteiger charge is 2.26. The second-order valence-corrected chi connectivity index (χ2v) is 10.9. The zero-order valence-electron chi connectivity index (χ0n) is 21.9. The Kier molecular flexibility index (Phi) is 14.9. The molecule has 0 radical (unpaired) electrons. The van der Waals surface area contributed by atoms with Crippen LogP contribution in [0.4, 0.5) is 0 Å². The fraction of sp³-hybridized carbons (Fsp3) is 0.714. The van der Waals surface area contributed by atoms with Gasteiger partial charge in [-0.05, 0) is 62.5 Å². The molecule has 0 spiro atoms. The molecule has 0 heterocycles. The Morgan fingerprint density at radius 3 is 1.32 bits per heavy atom. The second-order valence-electron chi connectivity index (χ2n) is 10.1. The minimum atomic E-state index is -0.553. The third kappa shape index (κ3) is 11.4. The monoisotopic (exact) mass is 514 g/mol. The highest BCUT2D eigenvalue weighted by atomic mass is 35.5. The molecule has 194 valence electrons. The van der Waals surface area contributed by atoms with Crippen molar-refractivity contribution in [2.75, 3.05) is 0 Å². The maximum atomic E-state index is 13.2. The average Bonchev–Trinajstić information content (AvgIpc) is 2.78. The van der Waals surface area contributed by atoms with Gasteiger partial charge in [-0.25, -0.2) is 9.59 Å². The van der Waals surface area contributed by atoms with Gasteiger partial charge in [0.15, 0.2) is 0 Å². The number of unbranched alkanes of at least 4 members (excludes halogenated alkanes) is 2. The number of halogens is 2. The molecule has 0 aliphatic rings. The lowest BCUT2D eigenvalue weighted by molar-refractivity contribution is 0.0196. The van der Waals surface area contributed by atoms with Crippen LogP contribution in [0.25, 0.3) is 0 Å². The van der Waals surface area contributed by atoms with Gasteiger partial charge in [0, 0.05) is 0 Å². The van der Waals surface area contributed by atoms with Crippen molar-refractivity contribution in [1.82, 2.24) is 0 Å². The second kappa shape index (κ2) is 16.4. The number of ether oxygens (including phenoxy) is 2. The summed E-state index contributed by atoms with van der Waals surface area (Å²) in [6.07, 6.45) is 8.70. The van der Waals surface area contributed by atoms with Gasteiger partial charge >= 0.3 is 11.9 Å². The molecule has 1 rings (SSSR count). The molecule has 0 bridgehead atoms. The highest BCUT2D eigenvalue weighted by Crippen LogP contribution is 2.29. The number of hydrogen-bond acceptors (Lipinski definition) is 4. The summed E-state index contributed by atoms with van der Waals surface area (Å²) in [7, 11) is 0. The van der Waals surface area contributed by atoms with E-state index in [1.54, 1.807) is 0 Å². The predicted octanol–water partition coefficient (Wildman–Crippen LogP) is 9.30. The van der Waals surface area contributed by atoms with Gasteiger partial charge in [0.2, 0.25) is 0 Å². The van der Waals surface area contributed by atoms with Crippen molar-refractivity contribution < 1.29 is 19.1 Å². The molecule has 34 heavy (non-hydrogen) atoms. The van der Waals surface area contributed by atoms with Gasteiger partial charge in [0.25, 0.3) is 0 Å². The first-order chi connectivity index (χ1) is 16.1. The third-order valence-corrected chi connectivity index (χ3v) is 6.66. The van der Waals surface area contributed by atoms with Crippen molar-refractivity contribution in [1.29, 1.82) is 0 Å². The molecule has 6 heteroatoms. The largest absolute Gasteiger partial charge is 0.459 e. The van der Waals surface area contributed by atoms with Gasteiger partial charge < -0.3 is 9.47 Å². The molecule has 1 aromatic rings. The zero-order valence-corrected chi connectivity index (χ0v) is 23.4. The van der Waals surface area contributed by atoms with E-state index in [0.717, 1.165) is 64.2 Å². The topological polar surface area (TPSA) is 52.6 Å². The fourth-order valence-corrected chi connectivity index (χ4v) is 4.07. The molecule has 0 amide bonds. The summed E-state index contributed by atoms with van der Waals surface area (Å²) in [4.78, 5) is 26.4. The molecular formula is C28H44Cl2O4. The van der Waals surface area contributed by atoms with E-state index in [-0.39, 0.29) is 33.4 Å². The molecule has 1 aromatic carbocycles. The lowest BCUT2D eigenvalue weighted by Gasteiger charge is -2.21. The van der Waals surface area contributed by atoms with Crippen molar-refractivity contribution in [3.8, 4) is 0 Å². The van der Waals surface area contributed by atoms with Crippen LogP contribution < -0.4 is 0 Å². The molecule has 0 saturated carbocycles. The van der Waals surface area contributed by atoms with Gasteiger partial charge in [0.05, 0.1) is 21.2 Å². The van der Waals surface area contributed by atoms with Crippen molar-refractivity contribution in [3.05, 3.63) is 33.3 Å². The number of carbonyl (C=O) groups excluding carboxylic acids is 2. The maximum Gasteiger partial charge on any atom is 0.339 e. The first kappa shape index (κ1) is 30.8. The summed E-state index contributed by atoms with van der Waals surface area (Å²) in [5.74, 6) is -0.0706. The van der Waals surface area contributed by atoms with Crippen LogP contribution in [0.3, 0.4) is 0 Å². The van der Waals surface area contributed by atoms with Crippen LogP contribution in [0.2, 0.25) is 10.0 Å². The lowest BCUT2D eigenvalue weighted by Crippen LogP contribution is -2.24. The van der Waals surface area contributed by atoms with Crippen LogP contribution in [0.1, 0.15) is 126 Å². The van der Waals surface area contributed by atoms with E-state index in [2.05, 4.69) is 41.5 Å². The van der Waals surface area contributed by atoms with Crippen LogP contribution >= 0.6 is 23.2 Å². The van der Waals surface area contributed by atoms with Crippen molar-refractivity contribution >= 4 is 35.1 Å². The Morgan fingerprint density at radius 2 is 1.03 bits per heavy atom. The summed E-state index contributed by atoms with van der Waals surface area (Å²) in [5.41, 5.74) is 0.229. The number of esters is 2. The van der Waals surface area contributed by atoms with Crippen LogP contribution in [0, 0.1) is 11.8 Å². The summed E-state index contributed by atoms with van der Waals surface area (Å²) >= 11 is 12.4. The van der Waals surface area contributed by atoms with Gasteiger partial charge in [-0.3, -0.25) is 0 Å².